The molecule has 29 heavy (non-hydrogen) atoms. The van der Waals surface area contributed by atoms with Gasteiger partial charge >= 0.3 is 0 Å². The van der Waals surface area contributed by atoms with Crippen molar-refractivity contribution in [2.24, 2.45) is 0 Å². The second-order valence-electron chi connectivity index (χ2n) is 6.19. The van der Waals surface area contributed by atoms with Crippen LogP contribution in [0.3, 0.4) is 0 Å². The number of thiazole rings is 1. The average molecular weight is 400 g/mol. The molecule has 8 nitrogen and oxygen atoms in total. The first-order valence-electron chi connectivity index (χ1n) is 8.87. The molecule has 0 aliphatic heterocycles. The maximum absolute atomic E-state index is 6.12. The Morgan fingerprint density at radius 1 is 0.862 bits per heavy atom. The van der Waals surface area contributed by atoms with Gasteiger partial charge in [0.25, 0.3) is 0 Å². The van der Waals surface area contributed by atoms with Gasteiger partial charge in [-0.15, -0.1) is 11.3 Å². The lowest BCUT2D eigenvalue weighted by molar-refractivity contribution is 1.01. The van der Waals surface area contributed by atoms with E-state index in [4.69, 9.17) is 5.73 Å². The van der Waals surface area contributed by atoms with Gasteiger partial charge in [0, 0.05) is 23.3 Å². The number of hydrogen-bond donors (Lipinski definition) is 3. The topological polar surface area (TPSA) is 107 Å². The van der Waals surface area contributed by atoms with E-state index in [0.29, 0.717) is 23.5 Å². The fourth-order valence-corrected chi connectivity index (χ4v) is 3.63. The summed E-state index contributed by atoms with van der Waals surface area (Å²) in [6, 6.07) is 19.4. The van der Waals surface area contributed by atoms with Crippen LogP contribution in [0.5, 0.6) is 0 Å². The number of fused-ring (bicyclic) bond motifs is 1. The summed E-state index contributed by atoms with van der Waals surface area (Å²) in [4.78, 5) is 17.8. The highest BCUT2D eigenvalue weighted by atomic mass is 32.1. The molecule has 0 unspecified atom stereocenters. The molecule has 0 aliphatic carbocycles. The van der Waals surface area contributed by atoms with Gasteiger partial charge in [0.15, 0.2) is 5.13 Å². The molecule has 3 heterocycles. The van der Waals surface area contributed by atoms with Gasteiger partial charge < -0.3 is 16.4 Å². The number of nitrogens with zero attached hydrogens (tertiary/aromatic N) is 5. The molecule has 0 atom stereocenters. The van der Waals surface area contributed by atoms with Gasteiger partial charge in [0.2, 0.25) is 11.9 Å². The number of benzene rings is 2. The minimum Gasteiger partial charge on any atom is -0.369 e. The normalized spacial score (nSPS) is 10.9. The molecular weight excluding hydrogens is 384 g/mol. The zero-order chi connectivity index (χ0) is 19.6. The Bertz CT molecular complexity index is 1280. The molecule has 0 aliphatic rings. The third kappa shape index (κ3) is 3.46. The molecule has 3 aromatic heterocycles. The summed E-state index contributed by atoms with van der Waals surface area (Å²) >= 11 is 1.49. The van der Waals surface area contributed by atoms with Crippen molar-refractivity contribution >= 4 is 50.9 Å². The Morgan fingerprint density at radius 3 is 2.59 bits per heavy atom. The number of imidazole rings is 1. The molecule has 0 bridgehead atoms. The molecule has 0 saturated heterocycles. The van der Waals surface area contributed by atoms with E-state index in [0.717, 1.165) is 21.9 Å². The standard InChI is InChI=1S/C20H16N8S/c21-18-24-14-8-4-5-9-15(14)28(18)17-10-11-22-19(27-17)25-16-12-29-20(26-16)23-13-6-2-1-3-7-13/h1-12H,(H2,21,24)(H,23,26)(H,22,25,27). The van der Waals surface area contributed by atoms with Gasteiger partial charge in [-0.05, 0) is 24.3 Å². The molecule has 0 fully saturated rings. The van der Waals surface area contributed by atoms with Crippen molar-refractivity contribution in [1.29, 1.82) is 0 Å². The van der Waals surface area contributed by atoms with Gasteiger partial charge in [-0.2, -0.15) is 4.98 Å². The third-order valence-electron chi connectivity index (χ3n) is 4.23. The first-order valence-corrected chi connectivity index (χ1v) is 9.75. The number of hydrogen-bond acceptors (Lipinski definition) is 8. The van der Waals surface area contributed by atoms with Crippen molar-refractivity contribution in [3.63, 3.8) is 0 Å². The number of rotatable bonds is 5. The Labute approximate surface area is 170 Å². The van der Waals surface area contributed by atoms with E-state index in [-0.39, 0.29) is 0 Å². The highest BCUT2D eigenvalue weighted by Crippen LogP contribution is 2.26. The second kappa shape index (κ2) is 7.21. The van der Waals surface area contributed by atoms with Crippen molar-refractivity contribution in [2.75, 3.05) is 16.4 Å². The number of nitrogens with two attached hydrogens (primary N) is 1. The van der Waals surface area contributed by atoms with Gasteiger partial charge in [-0.3, -0.25) is 4.57 Å². The van der Waals surface area contributed by atoms with Crippen LogP contribution < -0.4 is 16.4 Å². The summed E-state index contributed by atoms with van der Waals surface area (Å²) in [6.45, 7) is 0. The van der Waals surface area contributed by atoms with Crippen LogP contribution in [0, 0.1) is 0 Å². The van der Waals surface area contributed by atoms with Crippen molar-refractivity contribution < 1.29 is 0 Å². The Kier molecular flexibility index (Phi) is 4.26. The van der Waals surface area contributed by atoms with Crippen LogP contribution in [-0.2, 0) is 0 Å². The zero-order valence-electron chi connectivity index (χ0n) is 15.1. The minimum atomic E-state index is 0.374. The number of para-hydroxylation sites is 3. The van der Waals surface area contributed by atoms with Crippen LogP contribution in [0.1, 0.15) is 0 Å². The van der Waals surface area contributed by atoms with E-state index in [9.17, 15) is 0 Å². The molecule has 2 aromatic carbocycles. The number of aromatic nitrogens is 5. The van der Waals surface area contributed by atoms with Crippen LogP contribution in [0.25, 0.3) is 16.9 Å². The quantitative estimate of drug-likeness (QED) is 0.403. The van der Waals surface area contributed by atoms with Crippen LogP contribution in [0.15, 0.2) is 72.2 Å². The first-order chi connectivity index (χ1) is 14.3. The van der Waals surface area contributed by atoms with E-state index in [1.807, 2.05) is 60.0 Å². The smallest absolute Gasteiger partial charge is 0.230 e. The molecule has 142 valence electrons. The van der Waals surface area contributed by atoms with E-state index in [1.165, 1.54) is 11.3 Å². The maximum Gasteiger partial charge on any atom is 0.230 e. The Hall–Kier alpha value is -3.98. The molecule has 0 saturated carbocycles. The number of nitrogens with one attached hydrogen (secondary N) is 2. The molecule has 0 spiro atoms. The van der Waals surface area contributed by atoms with Crippen LogP contribution >= 0.6 is 11.3 Å². The first kappa shape index (κ1) is 17.1. The molecule has 0 amide bonds. The molecule has 5 rings (SSSR count). The predicted molar refractivity (Wildman–Crippen MR) is 116 cm³/mol. The summed E-state index contributed by atoms with van der Waals surface area (Å²) in [5, 5.41) is 9.09. The number of nitrogen functional groups attached to an aromatic ring is 1. The highest BCUT2D eigenvalue weighted by molar-refractivity contribution is 7.14. The summed E-state index contributed by atoms with van der Waals surface area (Å²) < 4.78 is 1.80. The Balaban J connectivity index is 1.40. The fraction of sp³-hybridized carbons (Fsp3) is 0. The minimum absolute atomic E-state index is 0.374. The van der Waals surface area contributed by atoms with E-state index in [1.54, 1.807) is 16.8 Å². The second-order valence-corrected chi connectivity index (χ2v) is 7.04. The van der Waals surface area contributed by atoms with Gasteiger partial charge in [-0.25, -0.2) is 15.0 Å². The van der Waals surface area contributed by atoms with E-state index < -0.39 is 0 Å². The van der Waals surface area contributed by atoms with Crippen LogP contribution in [-0.4, -0.2) is 24.5 Å². The number of anilines is 5. The average Bonchev–Trinajstić information content (AvgIpc) is 3.31. The molecule has 0 radical (unpaired) electrons. The maximum atomic E-state index is 6.12. The van der Waals surface area contributed by atoms with Crippen molar-refractivity contribution in [2.45, 2.75) is 0 Å². The van der Waals surface area contributed by atoms with Crippen molar-refractivity contribution in [1.82, 2.24) is 24.5 Å². The lowest BCUT2D eigenvalue weighted by Gasteiger charge is -2.07. The Morgan fingerprint density at radius 2 is 1.69 bits per heavy atom. The summed E-state index contributed by atoms with van der Waals surface area (Å²) in [6.07, 6.45) is 1.67. The molecule has 5 aromatic rings. The lowest BCUT2D eigenvalue weighted by atomic mass is 10.3. The molecular formula is C20H16N8S. The summed E-state index contributed by atoms with van der Waals surface area (Å²) in [7, 11) is 0. The van der Waals surface area contributed by atoms with E-state index in [2.05, 4.69) is 30.6 Å². The SMILES string of the molecule is Nc1nc2ccccc2n1-c1ccnc(Nc2csc(Nc3ccccc3)n2)n1. The van der Waals surface area contributed by atoms with Gasteiger partial charge in [0.1, 0.15) is 11.6 Å². The fourth-order valence-electron chi connectivity index (χ4n) is 2.97. The molecule has 9 heteroatoms. The van der Waals surface area contributed by atoms with Crippen LogP contribution in [0.4, 0.5) is 28.5 Å². The summed E-state index contributed by atoms with van der Waals surface area (Å²) in [5.74, 6) is 2.09. The molecule has 4 N–H and O–H groups in total. The van der Waals surface area contributed by atoms with Gasteiger partial charge in [0.05, 0.1) is 11.0 Å². The van der Waals surface area contributed by atoms with Crippen molar-refractivity contribution in [3.05, 3.63) is 72.2 Å². The predicted octanol–water partition coefficient (Wildman–Crippen LogP) is 4.34. The largest absolute Gasteiger partial charge is 0.369 e. The lowest BCUT2D eigenvalue weighted by Crippen LogP contribution is -2.05. The van der Waals surface area contributed by atoms with Gasteiger partial charge in [-0.1, -0.05) is 30.3 Å². The van der Waals surface area contributed by atoms with Crippen molar-refractivity contribution in [3.8, 4) is 5.82 Å². The zero-order valence-corrected chi connectivity index (χ0v) is 16.0. The summed E-state index contributed by atoms with van der Waals surface area (Å²) in [5.41, 5.74) is 8.80. The third-order valence-corrected chi connectivity index (χ3v) is 4.98. The highest BCUT2D eigenvalue weighted by Gasteiger charge is 2.12. The monoisotopic (exact) mass is 400 g/mol. The van der Waals surface area contributed by atoms with Crippen LogP contribution in [0.2, 0.25) is 0 Å². The van der Waals surface area contributed by atoms with E-state index >= 15 is 0 Å².